The maximum atomic E-state index is 13.7. The number of ether oxygens (including phenoxy) is 2. The van der Waals surface area contributed by atoms with Crippen molar-refractivity contribution < 1.29 is 19.1 Å². The molecular formula is C21H19BrN2O4. The van der Waals surface area contributed by atoms with Gasteiger partial charge in [0.15, 0.2) is 0 Å². The summed E-state index contributed by atoms with van der Waals surface area (Å²) in [6, 6.07) is 6.98. The Balaban J connectivity index is 1.65. The molecule has 4 aliphatic heterocycles. The van der Waals surface area contributed by atoms with Crippen molar-refractivity contribution in [1.82, 2.24) is 9.88 Å². The number of H-pyrrole nitrogens is 1. The number of fused-ring (bicyclic) bond motifs is 6. The minimum absolute atomic E-state index is 0.0529. The number of amides is 1. The number of hydrogen-bond donors (Lipinski definition) is 1. The first-order valence-electron chi connectivity index (χ1n) is 9.43. The average molecular weight is 443 g/mol. The maximum Gasteiger partial charge on any atom is 0.328 e. The fraction of sp³-hybridized carbons (Fsp3) is 0.429. The van der Waals surface area contributed by atoms with Crippen LogP contribution in [0.3, 0.4) is 0 Å². The number of nitrogens with zero attached hydrogens (tertiary/aromatic N) is 1. The topological polar surface area (TPSA) is 71.6 Å². The van der Waals surface area contributed by atoms with E-state index < -0.39 is 27.6 Å². The summed E-state index contributed by atoms with van der Waals surface area (Å²) in [5, 5.41) is 1.08. The zero-order valence-electron chi connectivity index (χ0n) is 15.5. The summed E-state index contributed by atoms with van der Waals surface area (Å²) in [4.78, 5) is 31.7. The predicted octanol–water partition coefficient (Wildman–Crippen LogP) is 2.98. The maximum absolute atomic E-state index is 13.7. The Kier molecular flexibility index (Phi) is 2.93. The van der Waals surface area contributed by atoms with Gasteiger partial charge in [-0.15, -0.1) is 0 Å². The van der Waals surface area contributed by atoms with Crippen LogP contribution in [0.2, 0.25) is 0 Å². The molecule has 1 amide bonds. The molecule has 2 bridgehead atoms. The summed E-state index contributed by atoms with van der Waals surface area (Å²) in [7, 11) is 1.37. The summed E-state index contributed by atoms with van der Waals surface area (Å²) in [5.41, 5.74) is 1.45. The van der Waals surface area contributed by atoms with Gasteiger partial charge in [0, 0.05) is 29.4 Å². The van der Waals surface area contributed by atoms with E-state index in [1.54, 1.807) is 4.90 Å². The van der Waals surface area contributed by atoms with Gasteiger partial charge in [-0.2, -0.15) is 0 Å². The van der Waals surface area contributed by atoms with E-state index in [1.165, 1.54) is 7.11 Å². The van der Waals surface area contributed by atoms with Gasteiger partial charge in [-0.25, -0.2) is 4.79 Å². The Labute approximate surface area is 170 Å². The molecule has 0 saturated carbocycles. The summed E-state index contributed by atoms with van der Waals surface area (Å²) in [5.74, 6) is -0.441. The van der Waals surface area contributed by atoms with Crippen molar-refractivity contribution in [3.05, 3.63) is 47.7 Å². The molecule has 1 spiro atoms. The quantitative estimate of drug-likeness (QED) is 0.418. The molecule has 2 aromatic rings. The molecule has 28 heavy (non-hydrogen) atoms. The number of carbonyl (C=O) groups is 2. The lowest BCUT2D eigenvalue weighted by atomic mass is 9.68. The van der Waals surface area contributed by atoms with E-state index in [1.807, 2.05) is 37.3 Å². The van der Waals surface area contributed by atoms with Crippen LogP contribution in [0.1, 0.15) is 30.6 Å². The van der Waals surface area contributed by atoms with Gasteiger partial charge in [0.05, 0.1) is 12.5 Å². The molecule has 0 radical (unpaired) electrons. The molecule has 1 aromatic heterocycles. The van der Waals surface area contributed by atoms with Crippen molar-refractivity contribution in [3.8, 4) is 0 Å². The van der Waals surface area contributed by atoms with E-state index in [0.717, 1.165) is 22.2 Å². The number of benzene rings is 1. The van der Waals surface area contributed by atoms with Crippen LogP contribution >= 0.6 is 15.9 Å². The van der Waals surface area contributed by atoms with Crippen LogP contribution in [0, 0.1) is 5.41 Å². The minimum Gasteiger partial charge on any atom is -0.467 e. The molecule has 6 rings (SSSR count). The van der Waals surface area contributed by atoms with Crippen LogP contribution in [0.5, 0.6) is 0 Å². The molecule has 2 saturated heterocycles. The Morgan fingerprint density at radius 1 is 1.36 bits per heavy atom. The number of halogens is 1. The number of aromatic amines is 1. The van der Waals surface area contributed by atoms with Crippen LogP contribution in [0.25, 0.3) is 10.9 Å². The van der Waals surface area contributed by atoms with Crippen LogP contribution in [0.15, 0.2) is 36.4 Å². The molecule has 1 aromatic carbocycles. The van der Waals surface area contributed by atoms with Crippen molar-refractivity contribution >= 4 is 38.7 Å². The SMILES string of the molecule is COC(=O)[C@@H]1Cc2c([nH]c3ccccc23)[C@@H]2N1C(=O)[C@]1(C)C[C@@]3(Br)C=C[C@@]21O3. The Hall–Kier alpha value is -2.12. The highest BCUT2D eigenvalue weighted by atomic mass is 79.9. The molecule has 144 valence electrons. The van der Waals surface area contributed by atoms with Crippen LogP contribution in [0.4, 0.5) is 0 Å². The van der Waals surface area contributed by atoms with Gasteiger partial charge in [-0.3, -0.25) is 4.79 Å². The third kappa shape index (κ3) is 1.66. The van der Waals surface area contributed by atoms with Crippen molar-refractivity contribution in [2.45, 2.75) is 42.0 Å². The third-order valence-corrected chi connectivity index (χ3v) is 7.80. The van der Waals surface area contributed by atoms with Gasteiger partial charge in [-0.05, 0) is 46.6 Å². The molecule has 0 unspecified atom stereocenters. The van der Waals surface area contributed by atoms with Crippen molar-refractivity contribution in [2.24, 2.45) is 5.41 Å². The molecule has 5 atom stereocenters. The summed E-state index contributed by atoms with van der Waals surface area (Å²) >= 11 is 3.67. The molecular weight excluding hydrogens is 424 g/mol. The van der Waals surface area contributed by atoms with Crippen LogP contribution in [-0.2, 0) is 25.5 Å². The van der Waals surface area contributed by atoms with Gasteiger partial charge in [0.2, 0.25) is 5.91 Å². The van der Waals surface area contributed by atoms with E-state index in [-0.39, 0.29) is 11.9 Å². The summed E-state index contributed by atoms with van der Waals surface area (Å²) < 4.78 is 11.0. The van der Waals surface area contributed by atoms with Gasteiger partial charge in [0.25, 0.3) is 0 Å². The average Bonchev–Trinajstić information content (AvgIpc) is 3.34. The molecule has 6 nitrogen and oxygen atoms in total. The number of alkyl halides is 1. The van der Waals surface area contributed by atoms with Crippen molar-refractivity contribution in [3.63, 3.8) is 0 Å². The first kappa shape index (κ1) is 16.8. The van der Waals surface area contributed by atoms with E-state index >= 15 is 0 Å². The van der Waals surface area contributed by atoms with Crippen molar-refractivity contribution in [2.75, 3.05) is 7.11 Å². The number of aromatic nitrogens is 1. The number of esters is 1. The first-order chi connectivity index (χ1) is 13.3. The second-order valence-electron chi connectivity index (χ2n) is 8.44. The predicted molar refractivity (Wildman–Crippen MR) is 105 cm³/mol. The zero-order chi connectivity index (χ0) is 19.5. The summed E-state index contributed by atoms with van der Waals surface area (Å²) in [6.07, 6.45) is 4.98. The second-order valence-corrected chi connectivity index (χ2v) is 9.79. The Morgan fingerprint density at radius 3 is 2.89 bits per heavy atom. The van der Waals surface area contributed by atoms with Gasteiger partial charge >= 0.3 is 5.97 Å². The zero-order valence-corrected chi connectivity index (χ0v) is 17.1. The molecule has 7 heteroatoms. The number of hydrogen-bond acceptors (Lipinski definition) is 4. The molecule has 0 aliphatic carbocycles. The lowest BCUT2D eigenvalue weighted by Crippen LogP contribution is -2.51. The van der Waals surface area contributed by atoms with E-state index in [9.17, 15) is 9.59 Å². The largest absolute Gasteiger partial charge is 0.467 e. The van der Waals surface area contributed by atoms with Gasteiger partial charge < -0.3 is 19.4 Å². The molecule has 1 N–H and O–H groups in total. The molecule has 4 aliphatic rings. The fourth-order valence-electron chi connectivity index (χ4n) is 5.88. The van der Waals surface area contributed by atoms with E-state index in [0.29, 0.717) is 12.8 Å². The van der Waals surface area contributed by atoms with Crippen LogP contribution in [-0.4, -0.2) is 45.0 Å². The monoisotopic (exact) mass is 442 g/mol. The number of carbonyl (C=O) groups excluding carboxylic acids is 2. The number of para-hydroxylation sites is 1. The lowest BCUT2D eigenvalue weighted by Gasteiger charge is -2.40. The number of methoxy groups -OCH3 is 1. The molecule has 2 fully saturated rings. The third-order valence-electron chi connectivity index (χ3n) is 7.09. The highest BCUT2D eigenvalue weighted by molar-refractivity contribution is 9.10. The van der Waals surface area contributed by atoms with Gasteiger partial charge in [0.1, 0.15) is 22.2 Å². The highest BCUT2D eigenvalue weighted by Gasteiger charge is 2.78. The minimum atomic E-state index is -0.824. The molecule has 5 heterocycles. The van der Waals surface area contributed by atoms with E-state index in [2.05, 4.69) is 27.0 Å². The standard InChI is InChI=1S/C21H19BrN2O4/c1-19-10-20(22)7-8-21(19,28-20)16-15-12(11-5-3-4-6-13(11)23-15)9-14(17(25)27-2)24(16)18(19)26/h3-8,14,16,23H,9-10H2,1-2H3/t14-,16-,19-,20+,21+/m0/s1. The number of nitrogens with one attached hydrogen (secondary N) is 1. The second kappa shape index (κ2) is 4.89. The van der Waals surface area contributed by atoms with E-state index in [4.69, 9.17) is 9.47 Å². The smallest absolute Gasteiger partial charge is 0.328 e. The normalized spacial score (nSPS) is 40.0. The Morgan fingerprint density at radius 2 is 2.14 bits per heavy atom. The van der Waals surface area contributed by atoms with Crippen molar-refractivity contribution in [1.29, 1.82) is 0 Å². The van der Waals surface area contributed by atoms with Crippen LogP contribution < -0.4 is 0 Å². The summed E-state index contributed by atoms with van der Waals surface area (Å²) in [6.45, 7) is 1.96. The fourth-order valence-corrected chi connectivity index (χ4v) is 6.84. The van der Waals surface area contributed by atoms with Gasteiger partial charge in [-0.1, -0.05) is 18.2 Å². The highest BCUT2D eigenvalue weighted by Crippen LogP contribution is 2.70. The first-order valence-corrected chi connectivity index (χ1v) is 10.2. The lowest BCUT2D eigenvalue weighted by molar-refractivity contribution is -0.155. The Bertz CT molecular complexity index is 1110. The number of rotatable bonds is 1.